The van der Waals surface area contributed by atoms with Crippen molar-refractivity contribution in [2.24, 2.45) is 0 Å². The monoisotopic (exact) mass is 496 g/mol. The molecule has 2 heterocycles. The summed E-state index contributed by atoms with van der Waals surface area (Å²) in [6.07, 6.45) is 5.80. The molecule has 6 nitrogen and oxygen atoms in total. The first-order valence-electron chi connectivity index (χ1n) is 12.8. The van der Waals surface area contributed by atoms with Crippen molar-refractivity contribution in [3.8, 4) is 11.3 Å². The Labute approximate surface area is 216 Å². The predicted molar refractivity (Wildman–Crippen MR) is 147 cm³/mol. The standard InChI is InChI=1S/C31H32N2O4/c1-19(2)25-14-11-21-16-22(12-15-26(21)32-25)30-29(20-8-6-5-7-9-20)24-13-10-23(31(35)37-4)17-27(24)33(30)18-28(34)36-3/h10-17,20H,1,5-9,18H2,2-4H3. The van der Waals surface area contributed by atoms with E-state index >= 15 is 0 Å². The van der Waals surface area contributed by atoms with Gasteiger partial charge in [-0.15, -0.1) is 0 Å². The number of nitrogens with zero attached hydrogens (tertiary/aromatic N) is 2. The lowest BCUT2D eigenvalue weighted by molar-refractivity contribution is -0.141. The highest BCUT2D eigenvalue weighted by Gasteiger charge is 2.28. The third kappa shape index (κ3) is 4.64. The maximum Gasteiger partial charge on any atom is 0.337 e. The lowest BCUT2D eigenvalue weighted by atomic mass is 9.81. The fraction of sp³-hybridized carbons (Fsp3) is 0.323. The Morgan fingerprint density at radius 1 is 1.00 bits per heavy atom. The molecule has 2 aromatic carbocycles. The number of rotatable bonds is 6. The van der Waals surface area contributed by atoms with E-state index in [0.29, 0.717) is 11.5 Å². The van der Waals surface area contributed by atoms with Crippen LogP contribution in [-0.4, -0.2) is 35.7 Å². The number of allylic oxidation sites excluding steroid dienone is 1. The zero-order chi connectivity index (χ0) is 26.1. The third-order valence-electron chi connectivity index (χ3n) is 7.45. The van der Waals surface area contributed by atoms with Gasteiger partial charge in [-0.05, 0) is 72.7 Å². The van der Waals surface area contributed by atoms with E-state index in [-0.39, 0.29) is 12.5 Å². The van der Waals surface area contributed by atoms with Crippen LogP contribution in [0.25, 0.3) is 38.6 Å². The van der Waals surface area contributed by atoms with Crippen molar-refractivity contribution in [2.45, 2.75) is 51.5 Å². The lowest BCUT2D eigenvalue weighted by Crippen LogP contribution is -2.13. The fourth-order valence-electron chi connectivity index (χ4n) is 5.61. The highest BCUT2D eigenvalue weighted by atomic mass is 16.5. The molecule has 37 heavy (non-hydrogen) atoms. The Balaban J connectivity index is 1.80. The molecule has 0 amide bonds. The van der Waals surface area contributed by atoms with Crippen LogP contribution in [0.5, 0.6) is 0 Å². The molecule has 6 heteroatoms. The number of hydrogen-bond donors (Lipinski definition) is 0. The summed E-state index contributed by atoms with van der Waals surface area (Å²) in [7, 11) is 2.78. The normalized spacial score (nSPS) is 14.1. The fourth-order valence-corrected chi connectivity index (χ4v) is 5.61. The van der Waals surface area contributed by atoms with E-state index < -0.39 is 5.97 Å². The topological polar surface area (TPSA) is 70.4 Å². The molecular formula is C31H32N2O4. The maximum atomic E-state index is 12.6. The summed E-state index contributed by atoms with van der Waals surface area (Å²) in [6.45, 7) is 6.01. The van der Waals surface area contributed by atoms with Crippen molar-refractivity contribution in [2.75, 3.05) is 14.2 Å². The number of ether oxygens (including phenoxy) is 2. The predicted octanol–water partition coefficient (Wildman–Crippen LogP) is 6.90. The minimum atomic E-state index is -0.404. The Hall–Kier alpha value is -3.93. The largest absolute Gasteiger partial charge is 0.468 e. The van der Waals surface area contributed by atoms with Gasteiger partial charge in [-0.3, -0.25) is 4.79 Å². The average molecular weight is 497 g/mol. The number of carbonyl (C=O) groups is 2. The van der Waals surface area contributed by atoms with Gasteiger partial charge < -0.3 is 14.0 Å². The van der Waals surface area contributed by atoms with E-state index in [0.717, 1.165) is 57.2 Å². The van der Waals surface area contributed by atoms with Gasteiger partial charge in [0, 0.05) is 10.8 Å². The first-order chi connectivity index (χ1) is 17.9. The van der Waals surface area contributed by atoms with Gasteiger partial charge in [0.25, 0.3) is 0 Å². The highest BCUT2D eigenvalue weighted by molar-refractivity contribution is 6.00. The Morgan fingerprint density at radius 3 is 2.49 bits per heavy atom. The van der Waals surface area contributed by atoms with Gasteiger partial charge in [0.2, 0.25) is 0 Å². The number of pyridine rings is 1. The van der Waals surface area contributed by atoms with E-state index in [2.05, 4.69) is 24.8 Å². The molecule has 0 N–H and O–H groups in total. The van der Waals surface area contributed by atoms with E-state index in [1.165, 1.54) is 39.0 Å². The molecule has 0 unspecified atom stereocenters. The summed E-state index contributed by atoms with van der Waals surface area (Å²) < 4.78 is 12.1. The lowest BCUT2D eigenvalue weighted by Gasteiger charge is -2.24. The van der Waals surface area contributed by atoms with Crippen LogP contribution in [0.15, 0.2) is 55.1 Å². The number of fused-ring (bicyclic) bond motifs is 2. The van der Waals surface area contributed by atoms with Gasteiger partial charge in [0.15, 0.2) is 0 Å². The Bertz CT molecular complexity index is 1530. The molecular weight excluding hydrogens is 464 g/mol. The van der Waals surface area contributed by atoms with Gasteiger partial charge in [-0.1, -0.05) is 44.0 Å². The molecule has 0 radical (unpaired) electrons. The first-order valence-corrected chi connectivity index (χ1v) is 12.8. The molecule has 0 atom stereocenters. The molecule has 1 saturated carbocycles. The van der Waals surface area contributed by atoms with Gasteiger partial charge in [0.1, 0.15) is 6.54 Å². The maximum absolute atomic E-state index is 12.6. The van der Waals surface area contributed by atoms with E-state index in [4.69, 9.17) is 14.5 Å². The molecule has 1 aliphatic carbocycles. The summed E-state index contributed by atoms with van der Waals surface area (Å²) in [5.41, 5.74) is 7.23. The Kier molecular flexibility index (Phi) is 6.83. The molecule has 1 fully saturated rings. The summed E-state index contributed by atoms with van der Waals surface area (Å²) in [4.78, 5) is 29.8. The molecule has 0 spiro atoms. The van der Waals surface area contributed by atoms with Crippen molar-refractivity contribution >= 4 is 39.3 Å². The van der Waals surface area contributed by atoms with E-state index in [1.54, 1.807) is 0 Å². The second kappa shape index (κ2) is 10.2. The van der Waals surface area contributed by atoms with Crippen molar-refractivity contribution in [3.05, 3.63) is 71.9 Å². The summed E-state index contributed by atoms with van der Waals surface area (Å²) in [5.74, 6) is -0.377. The van der Waals surface area contributed by atoms with Crippen molar-refractivity contribution in [1.29, 1.82) is 0 Å². The zero-order valence-electron chi connectivity index (χ0n) is 21.7. The minimum absolute atomic E-state index is 0.0462. The number of hydrogen-bond acceptors (Lipinski definition) is 5. The van der Waals surface area contributed by atoms with E-state index in [9.17, 15) is 9.59 Å². The molecule has 1 aliphatic rings. The molecule has 190 valence electrons. The van der Waals surface area contributed by atoms with Crippen LogP contribution in [0.3, 0.4) is 0 Å². The van der Waals surface area contributed by atoms with Crippen LogP contribution in [0.2, 0.25) is 0 Å². The number of benzene rings is 2. The molecule has 0 aliphatic heterocycles. The number of aromatic nitrogens is 2. The zero-order valence-corrected chi connectivity index (χ0v) is 21.7. The molecule has 5 rings (SSSR count). The molecule has 4 aromatic rings. The van der Waals surface area contributed by atoms with E-state index in [1.807, 2.05) is 41.8 Å². The van der Waals surface area contributed by atoms with Crippen LogP contribution in [-0.2, 0) is 20.8 Å². The van der Waals surface area contributed by atoms with Gasteiger partial charge >= 0.3 is 11.9 Å². The van der Waals surface area contributed by atoms with Crippen molar-refractivity contribution < 1.29 is 19.1 Å². The van der Waals surface area contributed by atoms with Gasteiger partial charge in [0.05, 0.1) is 42.2 Å². The molecule has 0 saturated heterocycles. The smallest absolute Gasteiger partial charge is 0.337 e. The van der Waals surface area contributed by atoms with Crippen LogP contribution in [0.4, 0.5) is 0 Å². The summed E-state index contributed by atoms with van der Waals surface area (Å²) >= 11 is 0. The first kappa shape index (κ1) is 24.8. The number of methoxy groups -OCH3 is 2. The van der Waals surface area contributed by atoms with Gasteiger partial charge in [-0.2, -0.15) is 0 Å². The number of esters is 2. The van der Waals surface area contributed by atoms with Crippen LogP contribution in [0, 0.1) is 0 Å². The highest BCUT2D eigenvalue weighted by Crippen LogP contribution is 2.44. The quantitative estimate of drug-likeness (QED) is 0.272. The van der Waals surface area contributed by atoms with Gasteiger partial charge in [-0.25, -0.2) is 9.78 Å². The summed E-state index contributed by atoms with van der Waals surface area (Å²) in [5, 5.41) is 2.08. The molecule has 0 bridgehead atoms. The molecule has 2 aromatic heterocycles. The van der Waals surface area contributed by atoms with Crippen molar-refractivity contribution in [3.63, 3.8) is 0 Å². The number of carbonyl (C=O) groups excluding carboxylic acids is 2. The van der Waals surface area contributed by atoms with Crippen LogP contribution < -0.4 is 0 Å². The van der Waals surface area contributed by atoms with Crippen molar-refractivity contribution in [1.82, 2.24) is 9.55 Å². The average Bonchev–Trinajstić information content (AvgIpc) is 3.25. The summed E-state index contributed by atoms with van der Waals surface area (Å²) in [6, 6.07) is 16.0. The SMILES string of the molecule is C=C(C)c1ccc2cc(-c3c(C4CCCCC4)c4ccc(C(=O)OC)cc4n3CC(=O)OC)ccc2n1. The second-order valence-corrected chi connectivity index (χ2v) is 9.87. The Morgan fingerprint density at radius 2 is 1.78 bits per heavy atom. The minimum Gasteiger partial charge on any atom is -0.468 e. The van der Waals surface area contributed by atoms with Crippen LogP contribution in [0.1, 0.15) is 66.6 Å². The second-order valence-electron chi connectivity index (χ2n) is 9.87. The van der Waals surface area contributed by atoms with Crippen LogP contribution >= 0.6 is 0 Å². The third-order valence-corrected chi connectivity index (χ3v) is 7.45.